The number of halogens is 2. The highest BCUT2D eigenvalue weighted by Gasteiger charge is 2.04. The Balaban J connectivity index is 2.77. The molecule has 3 nitrogen and oxygen atoms in total. The van der Waals surface area contributed by atoms with Crippen molar-refractivity contribution in [1.29, 1.82) is 0 Å². The first kappa shape index (κ1) is 11.6. The molecule has 1 N–H and O–H groups in total. The Labute approximate surface area is 87.0 Å². The minimum absolute atomic E-state index is 0.393. The second-order valence-corrected chi connectivity index (χ2v) is 2.87. The third kappa shape index (κ3) is 3.61. The summed E-state index contributed by atoms with van der Waals surface area (Å²) >= 11 is 0. The SMILES string of the molecule is COc1cc(NCC(F)F)cc(OC)c1. The Hall–Kier alpha value is -1.52. The molecule has 0 fully saturated rings. The van der Waals surface area contributed by atoms with E-state index in [9.17, 15) is 8.78 Å². The monoisotopic (exact) mass is 217 g/mol. The fraction of sp³-hybridized carbons (Fsp3) is 0.400. The van der Waals surface area contributed by atoms with Crippen molar-refractivity contribution >= 4 is 5.69 Å². The first-order valence-corrected chi connectivity index (χ1v) is 4.41. The van der Waals surface area contributed by atoms with E-state index in [4.69, 9.17) is 9.47 Å². The van der Waals surface area contributed by atoms with Gasteiger partial charge >= 0.3 is 0 Å². The second-order valence-electron chi connectivity index (χ2n) is 2.87. The van der Waals surface area contributed by atoms with Gasteiger partial charge < -0.3 is 14.8 Å². The Morgan fingerprint density at radius 1 is 1.13 bits per heavy atom. The summed E-state index contributed by atoms with van der Waals surface area (Å²) in [5.74, 6) is 1.12. The van der Waals surface area contributed by atoms with Crippen molar-refractivity contribution in [3.8, 4) is 11.5 Å². The molecular weight excluding hydrogens is 204 g/mol. The predicted molar refractivity (Wildman–Crippen MR) is 54.0 cm³/mol. The molecule has 0 aliphatic heterocycles. The van der Waals surface area contributed by atoms with Crippen LogP contribution in [0.1, 0.15) is 0 Å². The number of nitrogens with one attached hydrogen (secondary N) is 1. The van der Waals surface area contributed by atoms with Crippen molar-refractivity contribution in [2.24, 2.45) is 0 Å². The molecule has 0 aromatic heterocycles. The molecule has 0 unspecified atom stereocenters. The summed E-state index contributed by atoms with van der Waals surface area (Å²) < 4.78 is 33.9. The molecule has 15 heavy (non-hydrogen) atoms. The summed E-state index contributed by atoms with van der Waals surface area (Å²) in [5, 5.41) is 2.58. The molecular formula is C10H13F2NO2. The maximum absolute atomic E-state index is 12.0. The van der Waals surface area contributed by atoms with Gasteiger partial charge in [-0.1, -0.05) is 0 Å². The minimum Gasteiger partial charge on any atom is -0.497 e. The van der Waals surface area contributed by atoms with E-state index in [-0.39, 0.29) is 0 Å². The number of alkyl halides is 2. The first-order chi connectivity index (χ1) is 7.15. The van der Waals surface area contributed by atoms with Crippen LogP contribution in [0.2, 0.25) is 0 Å². The average molecular weight is 217 g/mol. The van der Waals surface area contributed by atoms with Crippen LogP contribution in [0.5, 0.6) is 11.5 Å². The molecule has 0 spiro atoms. The van der Waals surface area contributed by atoms with Crippen molar-refractivity contribution in [2.45, 2.75) is 6.43 Å². The highest BCUT2D eigenvalue weighted by molar-refractivity contribution is 5.53. The summed E-state index contributed by atoms with van der Waals surface area (Å²) in [4.78, 5) is 0. The zero-order chi connectivity index (χ0) is 11.3. The van der Waals surface area contributed by atoms with E-state index in [0.29, 0.717) is 17.2 Å². The fourth-order valence-corrected chi connectivity index (χ4v) is 1.10. The van der Waals surface area contributed by atoms with E-state index < -0.39 is 13.0 Å². The van der Waals surface area contributed by atoms with Crippen molar-refractivity contribution in [3.63, 3.8) is 0 Å². The van der Waals surface area contributed by atoms with Crippen LogP contribution in [0.4, 0.5) is 14.5 Å². The third-order valence-corrected chi connectivity index (χ3v) is 1.81. The van der Waals surface area contributed by atoms with Gasteiger partial charge in [-0.3, -0.25) is 0 Å². The molecule has 0 aliphatic rings. The largest absolute Gasteiger partial charge is 0.497 e. The highest BCUT2D eigenvalue weighted by Crippen LogP contribution is 2.25. The van der Waals surface area contributed by atoms with Gasteiger partial charge in [0.05, 0.1) is 20.8 Å². The first-order valence-electron chi connectivity index (χ1n) is 4.41. The van der Waals surface area contributed by atoms with Crippen molar-refractivity contribution in [2.75, 3.05) is 26.1 Å². The van der Waals surface area contributed by atoms with Gasteiger partial charge in [0.1, 0.15) is 11.5 Å². The van der Waals surface area contributed by atoms with Crippen molar-refractivity contribution < 1.29 is 18.3 Å². The van der Waals surface area contributed by atoms with Crippen LogP contribution in [0.15, 0.2) is 18.2 Å². The highest BCUT2D eigenvalue weighted by atomic mass is 19.3. The summed E-state index contributed by atoms with van der Waals surface area (Å²) in [5.41, 5.74) is 0.548. The maximum atomic E-state index is 12.0. The molecule has 0 saturated carbocycles. The van der Waals surface area contributed by atoms with Crippen LogP contribution in [-0.2, 0) is 0 Å². The quantitative estimate of drug-likeness (QED) is 0.821. The molecule has 0 radical (unpaired) electrons. The van der Waals surface area contributed by atoms with E-state index in [1.165, 1.54) is 14.2 Å². The van der Waals surface area contributed by atoms with Gasteiger partial charge in [0, 0.05) is 23.9 Å². The summed E-state index contributed by atoms with van der Waals surface area (Å²) in [6.45, 7) is -0.393. The third-order valence-electron chi connectivity index (χ3n) is 1.81. The van der Waals surface area contributed by atoms with E-state index in [2.05, 4.69) is 5.32 Å². The minimum atomic E-state index is -2.39. The molecule has 84 valence electrons. The molecule has 0 amide bonds. The molecule has 0 atom stereocenters. The molecule has 1 aromatic rings. The zero-order valence-electron chi connectivity index (χ0n) is 8.59. The number of hydrogen-bond donors (Lipinski definition) is 1. The standard InChI is InChI=1S/C10H13F2NO2/c1-14-8-3-7(13-6-10(11)12)4-9(5-8)15-2/h3-5,10,13H,6H2,1-2H3. The van der Waals surface area contributed by atoms with Gasteiger partial charge in [-0.05, 0) is 0 Å². The van der Waals surface area contributed by atoms with Gasteiger partial charge in [-0.15, -0.1) is 0 Å². The Bertz CT molecular complexity index is 296. The van der Waals surface area contributed by atoms with Gasteiger partial charge in [0.2, 0.25) is 0 Å². The van der Waals surface area contributed by atoms with Crippen LogP contribution < -0.4 is 14.8 Å². The molecule has 5 heteroatoms. The van der Waals surface area contributed by atoms with E-state index in [0.717, 1.165) is 0 Å². The van der Waals surface area contributed by atoms with Crippen LogP contribution in [0, 0.1) is 0 Å². The van der Waals surface area contributed by atoms with Crippen molar-refractivity contribution in [3.05, 3.63) is 18.2 Å². The topological polar surface area (TPSA) is 30.5 Å². The van der Waals surface area contributed by atoms with Gasteiger partial charge in [-0.25, -0.2) is 8.78 Å². The fourth-order valence-electron chi connectivity index (χ4n) is 1.10. The Kier molecular flexibility index (Phi) is 4.15. The van der Waals surface area contributed by atoms with E-state index in [1.807, 2.05) is 0 Å². The number of hydrogen-bond acceptors (Lipinski definition) is 3. The Morgan fingerprint density at radius 3 is 2.07 bits per heavy atom. The lowest BCUT2D eigenvalue weighted by molar-refractivity contribution is 0.163. The van der Waals surface area contributed by atoms with Gasteiger partial charge in [-0.2, -0.15) is 0 Å². The predicted octanol–water partition coefficient (Wildman–Crippen LogP) is 2.38. The Morgan fingerprint density at radius 2 is 1.67 bits per heavy atom. The number of rotatable bonds is 5. The van der Waals surface area contributed by atoms with Gasteiger partial charge in [0.25, 0.3) is 6.43 Å². The molecule has 0 bridgehead atoms. The summed E-state index contributed by atoms with van der Waals surface area (Å²) in [6, 6.07) is 4.93. The van der Waals surface area contributed by atoms with Gasteiger partial charge in [0.15, 0.2) is 0 Å². The summed E-state index contributed by atoms with van der Waals surface area (Å²) in [6.07, 6.45) is -2.39. The molecule has 1 aromatic carbocycles. The number of anilines is 1. The number of ether oxygens (including phenoxy) is 2. The summed E-state index contributed by atoms with van der Waals surface area (Å²) in [7, 11) is 3.01. The van der Waals surface area contributed by atoms with Crippen LogP contribution in [0.25, 0.3) is 0 Å². The lowest BCUT2D eigenvalue weighted by Crippen LogP contribution is -2.10. The second kappa shape index (κ2) is 5.38. The van der Waals surface area contributed by atoms with Crippen LogP contribution in [0.3, 0.4) is 0 Å². The number of methoxy groups -OCH3 is 2. The molecule has 0 saturated heterocycles. The molecule has 1 rings (SSSR count). The molecule has 0 heterocycles. The normalized spacial score (nSPS) is 10.2. The van der Waals surface area contributed by atoms with Crippen molar-refractivity contribution in [1.82, 2.24) is 0 Å². The smallest absolute Gasteiger partial charge is 0.255 e. The van der Waals surface area contributed by atoms with E-state index in [1.54, 1.807) is 18.2 Å². The lowest BCUT2D eigenvalue weighted by atomic mass is 10.2. The maximum Gasteiger partial charge on any atom is 0.255 e. The lowest BCUT2D eigenvalue weighted by Gasteiger charge is -2.10. The number of benzene rings is 1. The zero-order valence-corrected chi connectivity index (χ0v) is 8.59. The average Bonchev–Trinajstić information content (AvgIpc) is 2.25. The van der Waals surface area contributed by atoms with E-state index >= 15 is 0 Å². The van der Waals surface area contributed by atoms with Crippen LogP contribution >= 0.6 is 0 Å². The van der Waals surface area contributed by atoms with Crippen LogP contribution in [-0.4, -0.2) is 27.2 Å². The molecule has 0 aliphatic carbocycles.